The van der Waals surface area contributed by atoms with Gasteiger partial charge in [0, 0.05) is 6.20 Å². The fourth-order valence-corrected chi connectivity index (χ4v) is 1.84. The molecule has 2 heterocycles. The van der Waals surface area contributed by atoms with Gasteiger partial charge in [0.1, 0.15) is 11.4 Å². The largest absolute Gasteiger partial charge is 0.478 e. The van der Waals surface area contributed by atoms with Gasteiger partial charge in [-0.2, -0.15) is 5.10 Å². The van der Waals surface area contributed by atoms with Crippen LogP contribution >= 0.6 is 23.4 Å². The lowest BCUT2D eigenvalue weighted by Gasteiger charge is -2.00. The number of carboxylic acid groups (broad SMARTS) is 1. The highest BCUT2D eigenvalue weighted by atomic mass is 35.5. The van der Waals surface area contributed by atoms with E-state index in [1.54, 1.807) is 0 Å². The maximum atomic E-state index is 10.8. The monoisotopic (exact) mass is 256 g/mol. The highest BCUT2D eigenvalue weighted by Crippen LogP contribution is 2.25. The smallest absolute Gasteiger partial charge is 0.337 e. The van der Waals surface area contributed by atoms with Crippen molar-refractivity contribution in [3.63, 3.8) is 0 Å². The topological polar surface area (TPSA) is 91.8 Å². The van der Waals surface area contributed by atoms with Gasteiger partial charge in [-0.05, 0) is 17.8 Å². The van der Waals surface area contributed by atoms with Crippen LogP contribution in [0.4, 0.5) is 0 Å². The number of pyridine rings is 1. The van der Waals surface area contributed by atoms with E-state index in [0.717, 1.165) is 0 Å². The first-order valence-electron chi connectivity index (χ1n) is 4.09. The second kappa shape index (κ2) is 4.50. The molecule has 16 heavy (non-hydrogen) atoms. The summed E-state index contributed by atoms with van der Waals surface area (Å²) in [6.07, 6.45) is 2.65. The molecular weight excluding hydrogens is 252 g/mol. The molecule has 0 atom stereocenters. The maximum Gasteiger partial charge on any atom is 0.337 e. The van der Waals surface area contributed by atoms with Crippen molar-refractivity contribution in [2.24, 2.45) is 0 Å². The third kappa shape index (κ3) is 2.31. The molecule has 0 saturated carbocycles. The van der Waals surface area contributed by atoms with Crippen LogP contribution in [0.15, 0.2) is 28.8 Å². The molecule has 2 aromatic rings. The second-order valence-electron chi connectivity index (χ2n) is 2.70. The summed E-state index contributed by atoms with van der Waals surface area (Å²) in [5.41, 5.74) is 0.0127. The van der Waals surface area contributed by atoms with E-state index in [9.17, 15) is 4.79 Å². The number of aromatic nitrogens is 4. The highest BCUT2D eigenvalue weighted by molar-refractivity contribution is 7.99. The Kier molecular flexibility index (Phi) is 3.07. The normalized spacial score (nSPS) is 10.3. The van der Waals surface area contributed by atoms with Crippen molar-refractivity contribution in [3.8, 4) is 0 Å². The number of aromatic carboxylic acids is 1. The number of aromatic amines is 1. The van der Waals surface area contributed by atoms with E-state index in [4.69, 9.17) is 16.7 Å². The van der Waals surface area contributed by atoms with Gasteiger partial charge in [0.25, 0.3) is 0 Å². The highest BCUT2D eigenvalue weighted by Gasteiger charge is 2.11. The van der Waals surface area contributed by atoms with Crippen LogP contribution in [-0.2, 0) is 0 Å². The molecule has 0 aromatic carbocycles. The number of H-pyrrole nitrogens is 1. The standard InChI is InChI=1S/C8H5ClN4O2S/c9-5-2-10-6(1-4(5)7(14)15)16-8-11-3-12-13-8/h1-3H,(H,14,15)(H,11,12,13). The molecule has 0 aliphatic heterocycles. The quantitative estimate of drug-likeness (QED) is 0.868. The minimum absolute atomic E-state index is 0.0127. The van der Waals surface area contributed by atoms with Crippen LogP contribution in [0.3, 0.4) is 0 Å². The lowest BCUT2D eigenvalue weighted by atomic mass is 10.3. The Morgan fingerprint density at radius 1 is 1.50 bits per heavy atom. The molecule has 2 N–H and O–H groups in total. The zero-order valence-corrected chi connectivity index (χ0v) is 9.29. The lowest BCUT2D eigenvalue weighted by molar-refractivity contribution is 0.0696. The molecule has 0 aliphatic rings. The SMILES string of the molecule is O=C(O)c1cc(Sc2ncn[nH]2)ncc1Cl. The Bertz CT molecular complexity index is 517. The molecule has 0 fully saturated rings. The molecule has 0 unspecified atom stereocenters. The molecular formula is C8H5ClN4O2S. The predicted octanol–water partition coefficient (Wildman–Crippen LogP) is 1.70. The number of carboxylic acids is 1. The average Bonchev–Trinajstić information content (AvgIpc) is 2.73. The minimum Gasteiger partial charge on any atom is -0.478 e. The van der Waals surface area contributed by atoms with Gasteiger partial charge < -0.3 is 5.11 Å². The Morgan fingerprint density at radius 3 is 2.94 bits per heavy atom. The molecule has 0 aliphatic carbocycles. The first kappa shape index (κ1) is 10.9. The summed E-state index contributed by atoms with van der Waals surface area (Å²) in [7, 11) is 0. The van der Waals surface area contributed by atoms with Crippen LogP contribution < -0.4 is 0 Å². The van der Waals surface area contributed by atoms with Gasteiger partial charge >= 0.3 is 5.97 Å². The zero-order chi connectivity index (χ0) is 11.5. The van der Waals surface area contributed by atoms with Gasteiger partial charge in [-0.1, -0.05) is 11.6 Å². The number of rotatable bonds is 3. The number of nitrogens with zero attached hydrogens (tertiary/aromatic N) is 3. The van der Waals surface area contributed by atoms with Crippen molar-refractivity contribution in [2.75, 3.05) is 0 Å². The Hall–Kier alpha value is -1.60. The fourth-order valence-electron chi connectivity index (χ4n) is 0.982. The van der Waals surface area contributed by atoms with E-state index in [1.165, 1.54) is 30.4 Å². The van der Waals surface area contributed by atoms with Crippen molar-refractivity contribution in [1.82, 2.24) is 20.2 Å². The van der Waals surface area contributed by atoms with Gasteiger partial charge in [0.2, 0.25) is 0 Å². The minimum atomic E-state index is -1.09. The van der Waals surface area contributed by atoms with Crippen molar-refractivity contribution in [1.29, 1.82) is 0 Å². The molecule has 0 saturated heterocycles. The van der Waals surface area contributed by atoms with E-state index in [2.05, 4.69) is 20.2 Å². The lowest BCUT2D eigenvalue weighted by Crippen LogP contribution is -1.98. The molecule has 0 bridgehead atoms. The zero-order valence-electron chi connectivity index (χ0n) is 7.72. The van der Waals surface area contributed by atoms with Crippen LogP contribution in [-0.4, -0.2) is 31.2 Å². The molecule has 2 aromatic heterocycles. The summed E-state index contributed by atoms with van der Waals surface area (Å²) in [4.78, 5) is 18.7. The predicted molar refractivity (Wildman–Crippen MR) is 56.7 cm³/mol. The van der Waals surface area contributed by atoms with E-state index < -0.39 is 5.97 Å². The first-order valence-corrected chi connectivity index (χ1v) is 5.28. The van der Waals surface area contributed by atoms with Gasteiger partial charge in [0.05, 0.1) is 10.6 Å². The Morgan fingerprint density at radius 2 is 2.31 bits per heavy atom. The fraction of sp³-hybridized carbons (Fsp3) is 0. The van der Waals surface area contributed by atoms with Crippen LogP contribution in [0.1, 0.15) is 10.4 Å². The van der Waals surface area contributed by atoms with Crippen molar-refractivity contribution in [3.05, 3.63) is 29.2 Å². The average molecular weight is 257 g/mol. The van der Waals surface area contributed by atoms with Crippen LogP contribution in [0, 0.1) is 0 Å². The molecule has 0 amide bonds. The van der Waals surface area contributed by atoms with E-state index >= 15 is 0 Å². The summed E-state index contributed by atoms with van der Waals surface area (Å²) < 4.78 is 0. The molecule has 2 rings (SSSR count). The molecule has 0 radical (unpaired) electrons. The van der Waals surface area contributed by atoms with Crippen LogP contribution in [0.25, 0.3) is 0 Å². The van der Waals surface area contributed by atoms with E-state index in [0.29, 0.717) is 10.2 Å². The first-order chi connectivity index (χ1) is 7.66. The Balaban J connectivity index is 2.29. The molecule has 82 valence electrons. The van der Waals surface area contributed by atoms with Crippen molar-refractivity contribution in [2.45, 2.75) is 10.2 Å². The van der Waals surface area contributed by atoms with Crippen LogP contribution in [0.2, 0.25) is 5.02 Å². The van der Waals surface area contributed by atoms with Crippen molar-refractivity contribution < 1.29 is 9.90 Å². The number of hydrogen-bond donors (Lipinski definition) is 2. The number of nitrogens with one attached hydrogen (secondary N) is 1. The van der Waals surface area contributed by atoms with Gasteiger partial charge in [0.15, 0.2) is 5.16 Å². The Labute approximate surface area is 99.1 Å². The molecule has 6 nitrogen and oxygen atoms in total. The molecule has 8 heteroatoms. The third-order valence-electron chi connectivity index (χ3n) is 1.65. The number of hydrogen-bond acceptors (Lipinski definition) is 5. The van der Waals surface area contributed by atoms with E-state index in [1.807, 2.05) is 0 Å². The van der Waals surface area contributed by atoms with Crippen molar-refractivity contribution >= 4 is 29.3 Å². The summed E-state index contributed by atoms with van der Waals surface area (Å²) in [6, 6.07) is 1.39. The summed E-state index contributed by atoms with van der Waals surface area (Å²) in [5.74, 6) is -1.09. The van der Waals surface area contributed by atoms with Gasteiger partial charge in [-0.25, -0.2) is 14.8 Å². The summed E-state index contributed by atoms with van der Waals surface area (Å²) in [5, 5.41) is 16.3. The number of halogens is 1. The maximum absolute atomic E-state index is 10.8. The van der Waals surface area contributed by atoms with E-state index in [-0.39, 0.29) is 10.6 Å². The van der Waals surface area contributed by atoms with Gasteiger partial charge in [-0.3, -0.25) is 5.10 Å². The second-order valence-corrected chi connectivity index (χ2v) is 4.12. The molecule has 0 spiro atoms. The summed E-state index contributed by atoms with van der Waals surface area (Å²) in [6.45, 7) is 0. The van der Waals surface area contributed by atoms with Crippen LogP contribution in [0.5, 0.6) is 0 Å². The number of carbonyl (C=O) groups is 1. The summed E-state index contributed by atoms with van der Waals surface area (Å²) >= 11 is 6.86. The third-order valence-corrected chi connectivity index (χ3v) is 2.78. The van der Waals surface area contributed by atoms with Gasteiger partial charge in [-0.15, -0.1) is 0 Å².